The van der Waals surface area contributed by atoms with E-state index in [2.05, 4.69) is 34.6 Å². The van der Waals surface area contributed by atoms with Gasteiger partial charge in [-0.05, 0) is 117 Å². The van der Waals surface area contributed by atoms with E-state index in [0.717, 1.165) is 25.2 Å². The molecule has 5 saturated carbocycles. The summed E-state index contributed by atoms with van der Waals surface area (Å²) in [5.41, 5.74) is 0.626. The average Bonchev–Trinajstić information content (AvgIpc) is 3.35. The van der Waals surface area contributed by atoms with Crippen LogP contribution < -0.4 is 0 Å². The van der Waals surface area contributed by atoms with E-state index in [1.807, 2.05) is 13.8 Å². The van der Waals surface area contributed by atoms with Crippen LogP contribution in [0.2, 0.25) is 0 Å². The highest BCUT2D eigenvalue weighted by molar-refractivity contribution is 5.86. The molecule has 1 N–H and O–H groups in total. The van der Waals surface area contributed by atoms with Crippen molar-refractivity contribution >= 4 is 5.78 Å². The minimum atomic E-state index is -0.774. The second-order valence-corrected chi connectivity index (χ2v) is 15.3. The summed E-state index contributed by atoms with van der Waals surface area (Å²) in [7, 11) is 0. The standard InChI is InChI=1S/C30H48O3/c1-18-8-11-23(26(4,5)32)33-19-16-28(7)21-10-9-20-25(2,3)22(31)12-13-29(20)17-30(21,29)15-14-27(28,6)24(18)19/h18-21,23-24,32H,8-17H2,1-7H3/t18-,19-,20-,21+,23-,24-,27-,28+,29+,30-/m1/s1. The highest BCUT2D eigenvalue weighted by atomic mass is 16.5. The monoisotopic (exact) mass is 456 g/mol. The molecule has 0 radical (unpaired) electrons. The van der Waals surface area contributed by atoms with Crippen LogP contribution in [-0.4, -0.2) is 28.7 Å². The maximum atomic E-state index is 12.9. The van der Waals surface area contributed by atoms with E-state index < -0.39 is 5.60 Å². The van der Waals surface area contributed by atoms with Gasteiger partial charge in [0, 0.05) is 11.8 Å². The normalized spacial score (nSPS) is 57.2. The van der Waals surface area contributed by atoms with E-state index in [1.54, 1.807) is 0 Å². The lowest BCUT2D eigenvalue weighted by molar-refractivity contribution is -0.157. The largest absolute Gasteiger partial charge is 0.388 e. The van der Waals surface area contributed by atoms with Crippen LogP contribution in [0.4, 0.5) is 0 Å². The molecule has 2 spiro atoms. The Morgan fingerprint density at radius 3 is 2.27 bits per heavy atom. The molecule has 3 nitrogen and oxygen atoms in total. The fourth-order valence-corrected chi connectivity index (χ4v) is 11.8. The van der Waals surface area contributed by atoms with Crippen LogP contribution in [-0.2, 0) is 9.53 Å². The summed E-state index contributed by atoms with van der Waals surface area (Å²) in [6.07, 6.45) is 12.1. The molecule has 1 saturated heterocycles. The topological polar surface area (TPSA) is 46.5 Å². The third-order valence-corrected chi connectivity index (χ3v) is 13.5. The summed E-state index contributed by atoms with van der Waals surface area (Å²) < 4.78 is 6.88. The number of fused-ring (bicyclic) bond motifs is 4. The average molecular weight is 457 g/mol. The fraction of sp³-hybridized carbons (Fsp3) is 0.967. The molecule has 6 rings (SSSR count). The number of hydrogen-bond donors (Lipinski definition) is 1. The zero-order chi connectivity index (χ0) is 23.8. The molecule has 1 heterocycles. The molecule has 6 fully saturated rings. The van der Waals surface area contributed by atoms with Crippen molar-refractivity contribution in [3.63, 3.8) is 0 Å². The van der Waals surface area contributed by atoms with Crippen molar-refractivity contribution in [1.82, 2.24) is 0 Å². The Hall–Kier alpha value is -0.410. The van der Waals surface area contributed by atoms with E-state index in [1.165, 1.54) is 44.9 Å². The van der Waals surface area contributed by atoms with Gasteiger partial charge in [-0.15, -0.1) is 0 Å². The number of ether oxygens (including phenoxy) is 1. The minimum Gasteiger partial charge on any atom is -0.388 e. The van der Waals surface area contributed by atoms with E-state index in [4.69, 9.17) is 4.74 Å². The van der Waals surface area contributed by atoms with Gasteiger partial charge < -0.3 is 9.84 Å². The molecule has 3 heteroatoms. The van der Waals surface area contributed by atoms with Gasteiger partial charge in [0.2, 0.25) is 0 Å². The maximum Gasteiger partial charge on any atom is 0.138 e. The van der Waals surface area contributed by atoms with Gasteiger partial charge in [-0.3, -0.25) is 4.79 Å². The van der Waals surface area contributed by atoms with Crippen molar-refractivity contribution in [2.75, 3.05) is 0 Å². The molecule has 186 valence electrons. The Bertz CT molecular complexity index is 870. The summed E-state index contributed by atoms with van der Waals surface area (Å²) in [6, 6.07) is 0. The zero-order valence-electron chi connectivity index (χ0n) is 22.3. The van der Waals surface area contributed by atoms with Crippen molar-refractivity contribution in [1.29, 1.82) is 0 Å². The van der Waals surface area contributed by atoms with Crippen molar-refractivity contribution in [2.45, 2.75) is 130 Å². The molecule has 6 aliphatic rings. The van der Waals surface area contributed by atoms with Gasteiger partial charge in [0.25, 0.3) is 0 Å². The third-order valence-electron chi connectivity index (χ3n) is 13.5. The van der Waals surface area contributed by atoms with E-state index in [0.29, 0.717) is 45.2 Å². The van der Waals surface area contributed by atoms with Gasteiger partial charge in [-0.1, -0.05) is 34.6 Å². The molecule has 0 aromatic carbocycles. The number of hydrogen-bond acceptors (Lipinski definition) is 3. The fourth-order valence-electron chi connectivity index (χ4n) is 11.8. The van der Waals surface area contributed by atoms with E-state index >= 15 is 0 Å². The van der Waals surface area contributed by atoms with Crippen LogP contribution in [0.3, 0.4) is 0 Å². The summed E-state index contributed by atoms with van der Waals surface area (Å²) >= 11 is 0. The van der Waals surface area contributed by atoms with Gasteiger partial charge >= 0.3 is 0 Å². The van der Waals surface area contributed by atoms with Gasteiger partial charge in [-0.25, -0.2) is 0 Å². The quantitative estimate of drug-likeness (QED) is 0.486. The Balaban J connectivity index is 1.37. The van der Waals surface area contributed by atoms with Crippen LogP contribution in [0.25, 0.3) is 0 Å². The SMILES string of the molecule is C[C@@H]1CC[C@H](C(C)(C)O)O[C@@H]2C[C@@]3(C)[C@@H]4CC[C@@H]5C(C)(C)C(=O)CC[C@]56C[C@]46CC[C@]3(C)[C@H]12. The smallest absolute Gasteiger partial charge is 0.138 e. The lowest BCUT2D eigenvalue weighted by Gasteiger charge is -2.62. The first kappa shape index (κ1) is 23.0. The second-order valence-electron chi connectivity index (χ2n) is 15.3. The number of rotatable bonds is 1. The highest BCUT2D eigenvalue weighted by Gasteiger charge is 2.83. The van der Waals surface area contributed by atoms with Gasteiger partial charge in [0.05, 0.1) is 17.8 Å². The van der Waals surface area contributed by atoms with Crippen molar-refractivity contribution in [3.05, 3.63) is 0 Å². The number of carbonyl (C=O) groups is 1. The first-order valence-corrected chi connectivity index (χ1v) is 14.1. The molecule has 33 heavy (non-hydrogen) atoms. The maximum absolute atomic E-state index is 12.9. The Morgan fingerprint density at radius 1 is 0.909 bits per heavy atom. The lowest BCUT2D eigenvalue weighted by atomic mass is 9.42. The van der Waals surface area contributed by atoms with Crippen molar-refractivity contribution in [3.8, 4) is 0 Å². The van der Waals surface area contributed by atoms with E-state index in [9.17, 15) is 9.90 Å². The molecule has 0 bridgehead atoms. The Kier molecular flexibility index (Phi) is 4.51. The predicted molar refractivity (Wildman–Crippen MR) is 131 cm³/mol. The van der Waals surface area contributed by atoms with Gasteiger partial charge in [0.15, 0.2) is 0 Å². The zero-order valence-corrected chi connectivity index (χ0v) is 22.3. The molecular formula is C30H48O3. The molecule has 0 aromatic rings. The molecule has 0 unspecified atom stereocenters. The molecule has 5 aliphatic carbocycles. The Morgan fingerprint density at radius 2 is 1.58 bits per heavy atom. The van der Waals surface area contributed by atoms with Gasteiger partial charge in [0.1, 0.15) is 5.78 Å². The lowest BCUT2D eigenvalue weighted by Crippen LogP contribution is -2.57. The number of Topliss-reactive ketones (excluding diaryl/α,β-unsaturated/α-hetero) is 1. The number of aliphatic hydroxyl groups is 1. The number of ketones is 1. The van der Waals surface area contributed by atoms with E-state index in [-0.39, 0.29) is 17.6 Å². The van der Waals surface area contributed by atoms with Crippen LogP contribution in [0.1, 0.15) is 113 Å². The number of carbonyl (C=O) groups excluding carboxylic acids is 1. The molecule has 0 aromatic heterocycles. The van der Waals surface area contributed by atoms with Gasteiger partial charge in [-0.2, -0.15) is 0 Å². The predicted octanol–water partition coefficient (Wildman–Crippen LogP) is 6.56. The summed E-state index contributed by atoms with van der Waals surface area (Å²) in [6.45, 7) is 16.1. The van der Waals surface area contributed by atoms with Crippen molar-refractivity contribution < 1.29 is 14.6 Å². The highest BCUT2D eigenvalue weighted by Crippen LogP contribution is 2.89. The van der Waals surface area contributed by atoms with Crippen LogP contribution in [0, 0.1) is 50.7 Å². The molecule has 10 atom stereocenters. The molecule has 1 aliphatic heterocycles. The molecule has 0 amide bonds. The van der Waals surface area contributed by atoms with Crippen LogP contribution in [0.5, 0.6) is 0 Å². The molecular weight excluding hydrogens is 408 g/mol. The second kappa shape index (κ2) is 6.47. The van der Waals surface area contributed by atoms with Crippen molar-refractivity contribution in [2.24, 2.45) is 50.7 Å². The summed E-state index contributed by atoms with van der Waals surface area (Å²) in [5.74, 6) is 3.14. The van der Waals surface area contributed by atoms with Crippen LogP contribution >= 0.6 is 0 Å². The summed E-state index contributed by atoms with van der Waals surface area (Å²) in [5, 5.41) is 10.8. The first-order chi connectivity index (χ1) is 15.2. The van der Waals surface area contributed by atoms with Crippen LogP contribution in [0.15, 0.2) is 0 Å². The Labute approximate surface area is 201 Å². The summed E-state index contributed by atoms with van der Waals surface area (Å²) in [4.78, 5) is 12.9. The first-order valence-electron chi connectivity index (χ1n) is 14.1. The minimum absolute atomic E-state index is 0.0515. The third kappa shape index (κ3) is 2.58.